The average molecular weight is 399 g/mol. The van der Waals surface area contributed by atoms with Crippen LogP contribution in [0.4, 0.5) is 0 Å². The molecular weight excluding hydrogens is 383 g/mol. The minimum Gasteiger partial charge on any atom is -0.376 e. The smallest absolute Gasteiger partial charge is 0.140 e. The minimum atomic E-state index is -1.12. The molecule has 0 saturated carbocycles. The fourth-order valence-corrected chi connectivity index (χ4v) is 2.54. The van der Waals surface area contributed by atoms with E-state index in [2.05, 4.69) is 0 Å². The van der Waals surface area contributed by atoms with Crippen molar-refractivity contribution in [1.29, 1.82) is 0 Å². The van der Waals surface area contributed by atoms with E-state index in [4.69, 9.17) is 0 Å². The first-order valence-corrected chi connectivity index (χ1v) is 6.71. The summed E-state index contributed by atoms with van der Waals surface area (Å²) >= 11 is 0. The van der Waals surface area contributed by atoms with Gasteiger partial charge in [-0.25, -0.2) is 0 Å². The van der Waals surface area contributed by atoms with E-state index in [0.717, 1.165) is 16.7 Å². The Morgan fingerprint density at radius 3 is 0.952 bits per heavy atom. The molecule has 0 fully saturated rings. The molecule has 21 heavy (non-hydrogen) atoms. The van der Waals surface area contributed by atoms with Crippen molar-refractivity contribution in [2.45, 2.75) is 5.60 Å². The SMILES string of the molecule is OC(c1ccccc1)(c1ccccc1)c1ccccc1.[La]. The summed E-state index contributed by atoms with van der Waals surface area (Å²) < 4.78 is 0. The van der Waals surface area contributed by atoms with Gasteiger partial charge in [-0.2, -0.15) is 0 Å². The zero-order valence-electron chi connectivity index (χ0n) is 11.7. The first kappa shape index (κ1) is 16.2. The molecule has 1 nitrogen and oxygen atoms in total. The van der Waals surface area contributed by atoms with E-state index in [-0.39, 0.29) is 35.6 Å². The molecule has 3 rings (SSSR count). The van der Waals surface area contributed by atoms with Crippen molar-refractivity contribution in [2.24, 2.45) is 0 Å². The van der Waals surface area contributed by atoms with Crippen LogP contribution in [0.3, 0.4) is 0 Å². The Labute approximate surface area is 153 Å². The molecule has 0 aliphatic carbocycles. The van der Waals surface area contributed by atoms with Gasteiger partial charge in [0.15, 0.2) is 0 Å². The number of aliphatic hydroxyl groups is 1. The quantitative estimate of drug-likeness (QED) is 0.661. The van der Waals surface area contributed by atoms with Crippen LogP contribution in [0.15, 0.2) is 91.0 Å². The molecule has 1 N–H and O–H groups in total. The second kappa shape index (κ2) is 7.19. The van der Waals surface area contributed by atoms with Gasteiger partial charge in [-0.1, -0.05) is 91.0 Å². The van der Waals surface area contributed by atoms with Crippen LogP contribution in [0.5, 0.6) is 0 Å². The predicted octanol–water partition coefficient (Wildman–Crippen LogP) is 3.97. The maximum absolute atomic E-state index is 11.4. The standard InChI is InChI=1S/C19H16O.La/c20-19(16-10-4-1-5-11-16,17-12-6-2-7-13-17)18-14-8-3-9-15-18;/h1-15,20H;. The van der Waals surface area contributed by atoms with Crippen LogP contribution in [-0.4, -0.2) is 5.11 Å². The molecule has 0 saturated heterocycles. The Kier molecular flexibility index (Phi) is 5.54. The van der Waals surface area contributed by atoms with Crippen molar-refractivity contribution >= 4 is 0 Å². The first-order valence-electron chi connectivity index (χ1n) is 6.71. The zero-order valence-corrected chi connectivity index (χ0v) is 15.3. The van der Waals surface area contributed by atoms with Gasteiger partial charge in [-0.3, -0.25) is 0 Å². The van der Waals surface area contributed by atoms with Gasteiger partial charge in [-0.05, 0) is 16.7 Å². The molecule has 2 heteroatoms. The molecule has 1 radical (unpaired) electrons. The number of rotatable bonds is 3. The molecule has 0 unspecified atom stereocenters. The van der Waals surface area contributed by atoms with Gasteiger partial charge in [0.1, 0.15) is 5.60 Å². The topological polar surface area (TPSA) is 20.2 Å². The fourth-order valence-electron chi connectivity index (χ4n) is 2.54. The van der Waals surface area contributed by atoms with E-state index < -0.39 is 5.60 Å². The Bertz CT molecular complexity index is 569. The zero-order chi connectivity index (χ0) is 13.8. The van der Waals surface area contributed by atoms with Crippen LogP contribution in [0, 0.1) is 35.6 Å². The van der Waals surface area contributed by atoms with Gasteiger partial charge in [-0.15, -0.1) is 0 Å². The van der Waals surface area contributed by atoms with Gasteiger partial charge < -0.3 is 5.11 Å². The average Bonchev–Trinajstić information content (AvgIpc) is 2.56. The Morgan fingerprint density at radius 1 is 0.476 bits per heavy atom. The Balaban J connectivity index is 0.00000161. The molecule has 3 aromatic carbocycles. The normalized spacial score (nSPS) is 10.7. The van der Waals surface area contributed by atoms with Crippen molar-refractivity contribution in [1.82, 2.24) is 0 Å². The van der Waals surface area contributed by atoms with Crippen molar-refractivity contribution in [2.75, 3.05) is 0 Å². The summed E-state index contributed by atoms with van der Waals surface area (Å²) in [6.07, 6.45) is 0. The van der Waals surface area contributed by atoms with Crippen LogP contribution < -0.4 is 0 Å². The van der Waals surface area contributed by atoms with E-state index in [1.807, 2.05) is 91.0 Å². The monoisotopic (exact) mass is 399 g/mol. The van der Waals surface area contributed by atoms with E-state index >= 15 is 0 Å². The summed E-state index contributed by atoms with van der Waals surface area (Å²) in [4.78, 5) is 0. The molecule has 0 spiro atoms. The largest absolute Gasteiger partial charge is 0.376 e. The summed E-state index contributed by atoms with van der Waals surface area (Å²) in [5, 5.41) is 11.4. The van der Waals surface area contributed by atoms with Crippen LogP contribution in [-0.2, 0) is 5.60 Å². The Morgan fingerprint density at radius 2 is 0.714 bits per heavy atom. The molecule has 101 valence electrons. The van der Waals surface area contributed by atoms with Gasteiger partial charge >= 0.3 is 0 Å². The molecule has 0 aliphatic heterocycles. The minimum absolute atomic E-state index is 0. The maximum atomic E-state index is 11.4. The predicted molar refractivity (Wildman–Crippen MR) is 81.4 cm³/mol. The van der Waals surface area contributed by atoms with Crippen LogP contribution >= 0.6 is 0 Å². The second-order valence-corrected chi connectivity index (χ2v) is 4.81. The summed E-state index contributed by atoms with van der Waals surface area (Å²) in [5.74, 6) is 0. The third-order valence-corrected chi connectivity index (χ3v) is 3.57. The molecule has 0 aliphatic rings. The van der Waals surface area contributed by atoms with E-state index in [9.17, 15) is 5.11 Å². The van der Waals surface area contributed by atoms with E-state index in [0.29, 0.717) is 0 Å². The summed E-state index contributed by atoms with van der Waals surface area (Å²) in [6.45, 7) is 0. The molecule has 3 aromatic rings. The summed E-state index contributed by atoms with van der Waals surface area (Å²) in [7, 11) is 0. The van der Waals surface area contributed by atoms with Crippen LogP contribution in [0.1, 0.15) is 16.7 Å². The van der Waals surface area contributed by atoms with Crippen molar-refractivity contribution < 1.29 is 40.7 Å². The van der Waals surface area contributed by atoms with Crippen LogP contribution in [0.25, 0.3) is 0 Å². The number of hydrogen-bond acceptors (Lipinski definition) is 1. The van der Waals surface area contributed by atoms with E-state index in [1.165, 1.54) is 0 Å². The molecular formula is C19H16LaO. The Hall–Kier alpha value is -1.19. The van der Waals surface area contributed by atoms with Gasteiger partial charge in [0.25, 0.3) is 0 Å². The maximum Gasteiger partial charge on any atom is 0.140 e. The van der Waals surface area contributed by atoms with Gasteiger partial charge in [0.05, 0.1) is 0 Å². The molecule has 0 amide bonds. The summed E-state index contributed by atoms with van der Waals surface area (Å²) in [6, 6.07) is 29.3. The van der Waals surface area contributed by atoms with E-state index in [1.54, 1.807) is 0 Å². The van der Waals surface area contributed by atoms with Crippen molar-refractivity contribution in [3.8, 4) is 0 Å². The third kappa shape index (κ3) is 3.19. The van der Waals surface area contributed by atoms with Gasteiger partial charge in [0, 0.05) is 35.6 Å². The number of hydrogen-bond donors (Lipinski definition) is 1. The van der Waals surface area contributed by atoms with Crippen LogP contribution in [0.2, 0.25) is 0 Å². The fraction of sp³-hybridized carbons (Fsp3) is 0.0526. The molecule has 0 atom stereocenters. The molecule has 0 aromatic heterocycles. The van der Waals surface area contributed by atoms with Gasteiger partial charge in [0.2, 0.25) is 0 Å². The molecule has 0 bridgehead atoms. The number of benzene rings is 3. The summed E-state index contributed by atoms with van der Waals surface area (Å²) in [5.41, 5.74) is 1.50. The first-order chi connectivity index (χ1) is 9.82. The third-order valence-electron chi connectivity index (χ3n) is 3.57. The molecule has 0 heterocycles. The second-order valence-electron chi connectivity index (χ2n) is 4.81. The van der Waals surface area contributed by atoms with Crippen molar-refractivity contribution in [3.63, 3.8) is 0 Å². The van der Waals surface area contributed by atoms with Crippen molar-refractivity contribution in [3.05, 3.63) is 108 Å².